The lowest BCUT2D eigenvalue weighted by atomic mass is 10.1. The first-order valence-electron chi connectivity index (χ1n) is 13.2. The lowest BCUT2D eigenvalue weighted by molar-refractivity contribution is -0.140. The van der Waals surface area contributed by atoms with Crippen LogP contribution in [0.25, 0.3) is 0 Å². The SMILES string of the molecule is CCNC(=O)[C@H](CC)N(Cc1ccc(Cl)cc1)C(=O)CN(c1ccc(OCC)cc1)S(=O)(=O)c1ccc(C)cc1. The Morgan fingerprint density at radius 1 is 0.925 bits per heavy atom. The zero-order valence-corrected chi connectivity index (χ0v) is 24.8. The number of halogens is 1. The van der Waals surface area contributed by atoms with Crippen LogP contribution in [-0.2, 0) is 26.2 Å². The van der Waals surface area contributed by atoms with E-state index >= 15 is 0 Å². The van der Waals surface area contributed by atoms with E-state index in [0.717, 1.165) is 15.4 Å². The fraction of sp³-hybridized carbons (Fsp3) is 0.333. The molecule has 1 atom stereocenters. The van der Waals surface area contributed by atoms with Crippen LogP contribution in [0.4, 0.5) is 5.69 Å². The average Bonchev–Trinajstić information content (AvgIpc) is 2.93. The van der Waals surface area contributed by atoms with Crippen LogP contribution in [0.3, 0.4) is 0 Å². The smallest absolute Gasteiger partial charge is 0.264 e. The summed E-state index contributed by atoms with van der Waals surface area (Å²) in [5.74, 6) is -0.240. The summed E-state index contributed by atoms with van der Waals surface area (Å²) in [5.41, 5.74) is 1.97. The van der Waals surface area contributed by atoms with Crippen molar-refractivity contribution < 1.29 is 22.7 Å². The van der Waals surface area contributed by atoms with Gasteiger partial charge in [0.2, 0.25) is 11.8 Å². The molecular weight excluding hydrogens is 550 g/mol. The summed E-state index contributed by atoms with van der Waals surface area (Å²) >= 11 is 6.05. The highest BCUT2D eigenvalue weighted by atomic mass is 35.5. The molecule has 2 amide bonds. The molecule has 0 bridgehead atoms. The molecular formula is C30H36ClN3O5S. The number of benzene rings is 3. The number of nitrogens with zero attached hydrogens (tertiary/aromatic N) is 2. The van der Waals surface area contributed by atoms with E-state index in [2.05, 4.69) is 5.32 Å². The maximum atomic E-state index is 14.0. The summed E-state index contributed by atoms with van der Waals surface area (Å²) in [6.45, 7) is 7.80. The lowest BCUT2D eigenvalue weighted by Gasteiger charge is -2.33. The molecule has 0 aliphatic carbocycles. The van der Waals surface area contributed by atoms with E-state index in [1.165, 1.54) is 17.0 Å². The predicted octanol–water partition coefficient (Wildman–Crippen LogP) is 5.19. The van der Waals surface area contributed by atoms with Gasteiger partial charge in [-0.2, -0.15) is 0 Å². The number of likely N-dealkylation sites (N-methyl/N-ethyl adjacent to an activating group) is 1. The van der Waals surface area contributed by atoms with E-state index in [-0.39, 0.29) is 17.3 Å². The van der Waals surface area contributed by atoms with E-state index in [1.54, 1.807) is 67.6 Å². The van der Waals surface area contributed by atoms with Gasteiger partial charge in [0.15, 0.2) is 0 Å². The van der Waals surface area contributed by atoms with Crippen LogP contribution in [-0.4, -0.2) is 50.9 Å². The molecule has 3 aromatic rings. The van der Waals surface area contributed by atoms with Gasteiger partial charge >= 0.3 is 0 Å². The molecule has 8 nitrogen and oxygen atoms in total. The number of ether oxygens (including phenoxy) is 1. The topological polar surface area (TPSA) is 96.0 Å². The van der Waals surface area contributed by atoms with Crippen molar-refractivity contribution in [2.45, 2.75) is 51.6 Å². The maximum absolute atomic E-state index is 14.0. The number of nitrogens with one attached hydrogen (secondary N) is 1. The summed E-state index contributed by atoms with van der Waals surface area (Å²) in [6, 6.07) is 19.2. The minimum atomic E-state index is -4.14. The second-order valence-corrected chi connectivity index (χ2v) is 11.5. The third-order valence-electron chi connectivity index (χ3n) is 6.33. The van der Waals surface area contributed by atoms with E-state index in [1.807, 2.05) is 20.8 Å². The molecule has 0 spiro atoms. The van der Waals surface area contributed by atoms with Gasteiger partial charge in [-0.15, -0.1) is 0 Å². The van der Waals surface area contributed by atoms with Gasteiger partial charge in [0.1, 0.15) is 18.3 Å². The standard InChI is InChI=1S/C30H36ClN3O5S/c1-5-28(30(36)32-6-2)33(20-23-10-12-24(31)13-11-23)29(35)21-34(25-14-16-26(17-15-25)39-7-3)40(37,38)27-18-8-22(4)9-19-27/h8-19,28H,5-7,20-21H2,1-4H3,(H,32,36)/t28-/m0/s1. The number of anilines is 1. The minimum absolute atomic E-state index is 0.0554. The van der Waals surface area contributed by atoms with Crippen molar-refractivity contribution in [2.75, 3.05) is 24.0 Å². The number of hydrogen-bond acceptors (Lipinski definition) is 5. The number of sulfonamides is 1. The van der Waals surface area contributed by atoms with Crippen LogP contribution in [0.5, 0.6) is 5.75 Å². The Hall–Kier alpha value is -3.56. The first kappa shape index (κ1) is 31.0. The van der Waals surface area contributed by atoms with Crippen molar-refractivity contribution in [1.82, 2.24) is 10.2 Å². The van der Waals surface area contributed by atoms with Crippen molar-refractivity contribution in [3.63, 3.8) is 0 Å². The normalized spacial score (nSPS) is 11.9. The molecule has 0 unspecified atom stereocenters. The molecule has 3 rings (SSSR count). The fourth-order valence-corrected chi connectivity index (χ4v) is 5.78. The largest absolute Gasteiger partial charge is 0.494 e. The highest BCUT2D eigenvalue weighted by molar-refractivity contribution is 7.92. The number of carbonyl (C=O) groups is 2. The number of aryl methyl sites for hydroxylation is 1. The van der Waals surface area contributed by atoms with E-state index in [4.69, 9.17) is 16.3 Å². The first-order valence-corrected chi connectivity index (χ1v) is 15.1. The Labute approximate surface area is 241 Å². The molecule has 0 aromatic heterocycles. The van der Waals surface area contributed by atoms with Crippen molar-refractivity contribution >= 4 is 39.1 Å². The highest BCUT2D eigenvalue weighted by Crippen LogP contribution is 2.27. The summed E-state index contributed by atoms with van der Waals surface area (Å²) < 4.78 is 34.4. The molecule has 0 saturated carbocycles. The molecule has 0 saturated heterocycles. The van der Waals surface area contributed by atoms with Crippen LogP contribution in [0.1, 0.15) is 38.3 Å². The van der Waals surface area contributed by atoms with E-state index in [9.17, 15) is 18.0 Å². The van der Waals surface area contributed by atoms with Gasteiger partial charge in [0.05, 0.1) is 17.2 Å². The summed E-state index contributed by atoms with van der Waals surface area (Å²) in [7, 11) is -4.14. The van der Waals surface area contributed by atoms with Crippen molar-refractivity contribution in [1.29, 1.82) is 0 Å². The van der Waals surface area contributed by atoms with Crippen LogP contribution < -0.4 is 14.4 Å². The number of rotatable bonds is 13. The quantitative estimate of drug-likeness (QED) is 0.298. The molecule has 3 aromatic carbocycles. The molecule has 0 radical (unpaired) electrons. The van der Waals surface area contributed by atoms with Crippen molar-refractivity contribution in [3.8, 4) is 5.75 Å². The molecule has 0 heterocycles. The first-order chi connectivity index (χ1) is 19.1. The molecule has 0 fully saturated rings. The number of amides is 2. The van der Waals surface area contributed by atoms with Gasteiger partial charge in [-0.3, -0.25) is 13.9 Å². The average molecular weight is 586 g/mol. The van der Waals surface area contributed by atoms with Gasteiger partial charge in [-0.05, 0) is 81.3 Å². The maximum Gasteiger partial charge on any atom is 0.264 e. The third kappa shape index (κ3) is 7.76. The Kier molecular flexibility index (Phi) is 11.0. The van der Waals surface area contributed by atoms with E-state index < -0.39 is 28.5 Å². The van der Waals surface area contributed by atoms with Gasteiger partial charge in [0.25, 0.3) is 10.0 Å². The van der Waals surface area contributed by atoms with Crippen molar-refractivity contribution in [2.24, 2.45) is 0 Å². The van der Waals surface area contributed by atoms with Crippen LogP contribution >= 0.6 is 11.6 Å². The fourth-order valence-electron chi connectivity index (χ4n) is 4.24. The summed E-state index contributed by atoms with van der Waals surface area (Å²) in [6.07, 6.45) is 0.346. The molecule has 214 valence electrons. The van der Waals surface area contributed by atoms with Crippen LogP contribution in [0.15, 0.2) is 77.7 Å². The predicted molar refractivity (Wildman–Crippen MR) is 158 cm³/mol. The molecule has 40 heavy (non-hydrogen) atoms. The van der Waals surface area contributed by atoms with Gasteiger partial charge in [-0.25, -0.2) is 8.42 Å². The Bertz CT molecular complexity index is 1380. The van der Waals surface area contributed by atoms with Gasteiger partial charge in [0, 0.05) is 18.1 Å². The Balaban J connectivity index is 2.05. The minimum Gasteiger partial charge on any atom is -0.494 e. The van der Waals surface area contributed by atoms with Gasteiger partial charge in [-0.1, -0.05) is 48.4 Å². The number of carbonyl (C=O) groups excluding carboxylic acids is 2. The zero-order chi connectivity index (χ0) is 29.3. The Morgan fingerprint density at radius 3 is 2.10 bits per heavy atom. The molecule has 1 N–H and O–H groups in total. The van der Waals surface area contributed by atoms with Crippen LogP contribution in [0.2, 0.25) is 5.02 Å². The number of hydrogen-bond donors (Lipinski definition) is 1. The molecule has 10 heteroatoms. The highest BCUT2D eigenvalue weighted by Gasteiger charge is 2.33. The second kappa shape index (κ2) is 14.2. The molecule has 0 aliphatic rings. The lowest BCUT2D eigenvalue weighted by Crippen LogP contribution is -2.52. The zero-order valence-electron chi connectivity index (χ0n) is 23.3. The van der Waals surface area contributed by atoms with Crippen molar-refractivity contribution in [3.05, 3.63) is 88.9 Å². The molecule has 0 aliphatic heterocycles. The van der Waals surface area contributed by atoms with E-state index in [0.29, 0.717) is 36.0 Å². The monoisotopic (exact) mass is 585 g/mol. The Morgan fingerprint density at radius 2 is 1.55 bits per heavy atom. The third-order valence-corrected chi connectivity index (χ3v) is 8.37. The van der Waals surface area contributed by atoms with Gasteiger partial charge < -0.3 is 15.0 Å². The summed E-state index contributed by atoms with van der Waals surface area (Å²) in [5, 5.41) is 3.34. The second-order valence-electron chi connectivity index (χ2n) is 9.22. The van der Waals surface area contributed by atoms with Crippen LogP contribution in [0, 0.1) is 6.92 Å². The summed E-state index contributed by atoms with van der Waals surface area (Å²) in [4.78, 5) is 28.5.